The quantitative estimate of drug-likeness (QED) is 0.183. The van der Waals surface area contributed by atoms with E-state index in [1.807, 2.05) is 12.1 Å². The molecule has 0 radical (unpaired) electrons. The van der Waals surface area contributed by atoms with Crippen LogP contribution in [0.25, 0.3) is 22.3 Å². The number of nitrogens with zero attached hydrogens (tertiary/aromatic N) is 2. The summed E-state index contributed by atoms with van der Waals surface area (Å²) in [7, 11) is 0. The largest absolute Gasteiger partial charge is 0.307 e. The van der Waals surface area contributed by atoms with Gasteiger partial charge in [-0.3, -0.25) is 0 Å². The van der Waals surface area contributed by atoms with Crippen LogP contribution in [0.5, 0.6) is 0 Å². The fourth-order valence-electron chi connectivity index (χ4n) is 7.02. The van der Waals surface area contributed by atoms with Crippen molar-refractivity contribution >= 4 is 57.6 Å². The molecule has 0 saturated carbocycles. The monoisotopic (exact) mass is 674 g/mol. The lowest BCUT2D eigenvalue weighted by Crippen LogP contribution is -2.21. The van der Waals surface area contributed by atoms with Crippen LogP contribution < -0.4 is 9.80 Å². The summed E-state index contributed by atoms with van der Waals surface area (Å²) >= 11 is 3.50. The van der Waals surface area contributed by atoms with Crippen LogP contribution in [0.15, 0.2) is 171 Å². The third-order valence-corrected chi connectivity index (χ3v) is 11.4. The number of para-hydroxylation sites is 4. The van der Waals surface area contributed by atoms with E-state index in [0.29, 0.717) is 0 Å². The fourth-order valence-corrected chi connectivity index (χ4v) is 9.13. The van der Waals surface area contributed by atoms with Crippen molar-refractivity contribution < 1.29 is 8.78 Å². The van der Waals surface area contributed by atoms with Crippen molar-refractivity contribution in [3.63, 3.8) is 0 Å². The van der Waals surface area contributed by atoms with Crippen molar-refractivity contribution in [2.75, 3.05) is 9.80 Å². The first-order valence-electron chi connectivity index (χ1n) is 16.1. The van der Waals surface area contributed by atoms with Crippen molar-refractivity contribution in [1.82, 2.24) is 0 Å². The van der Waals surface area contributed by atoms with E-state index in [-0.39, 0.29) is 11.6 Å². The predicted molar refractivity (Wildman–Crippen MR) is 200 cm³/mol. The lowest BCUT2D eigenvalue weighted by atomic mass is 9.89. The summed E-state index contributed by atoms with van der Waals surface area (Å²) < 4.78 is 30.2. The van der Waals surface area contributed by atoms with Crippen LogP contribution in [0.4, 0.5) is 42.9 Å². The zero-order valence-corrected chi connectivity index (χ0v) is 28.0. The maximum absolute atomic E-state index is 15.1. The minimum Gasteiger partial charge on any atom is -0.307 e. The number of fused-ring (bicyclic) bond motifs is 4. The van der Waals surface area contributed by atoms with Crippen molar-refractivity contribution in [2.45, 2.75) is 26.5 Å². The molecule has 2 heterocycles. The van der Waals surface area contributed by atoms with Crippen molar-refractivity contribution in [3.8, 4) is 22.3 Å². The number of anilines is 6. The number of hydrogen-bond acceptors (Lipinski definition) is 4. The second-order valence-corrected chi connectivity index (χ2v) is 14.2. The molecular weight excluding hydrogens is 647 g/mol. The Morgan fingerprint density at radius 3 is 1.10 bits per heavy atom. The van der Waals surface area contributed by atoms with E-state index in [0.717, 1.165) is 81.5 Å². The molecule has 49 heavy (non-hydrogen) atoms. The van der Waals surface area contributed by atoms with Crippen molar-refractivity contribution in [1.29, 1.82) is 0 Å². The SMILES string of the molecule is Cc1c(N2c3ccccc3Sc3ccccc32)c(-c2cccc(F)c2)cc(-c2cccc(F)c2)c1N1c2ccccc2Sc2ccccc21. The first kappa shape index (κ1) is 29.8. The normalized spacial score (nSPS) is 13.0. The standard InChI is InChI=1S/C43H28F2N2S2/c1-27-42(46-34-16-2-6-20-38(34)48-39-21-7-3-17-35(39)46)32(28-12-10-14-30(44)24-28)26-33(29-13-11-15-31(45)25-29)43(27)47-36-18-4-8-22-40(36)49-41-23-9-5-19-37(41)47/h2-26H,1H3. The van der Waals surface area contributed by atoms with Gasteiger partial charge >= 0.3 is 0 Å². The third kappa shape index (κ3) is 5.02. The highest BCUT2D eigenvalue weighted by molar-refractivity contribution is 8.00. The second kappa shape index (κ2) is 12.0. The molecule has 2 aliphatic heterocycles. The fraction of sp³-hybridized carbons (Fsp3) is 0.0233. The highest BCUT2D eigenvalue weighted by Crippen LogP contribution is 2.59. The molecule has 6 heteroatoms. The Kier molecular flexibility index (Phi) is 7.29. The third-order valence-electron chi connectivity index (χ3n) is 9.09. The Morgan fingerprint density at radius 2 is 0.755 bits per heavy atom. The number of halogens is 2. The molecule has 0 spiro atoms. The molecule has 0 atom stereocenters. The van der Waals surface area contributed by atoms with Gasteiger partial charge in [0.2, 0.25) is 0 Å². The molecule has 0 N–H and O–H groups in total. The summed E-state index contributed by atoms with van der Waals surface area (Å²) in [5, 5.41) is 0. The lowest BCUT2D eigenvalue weighted by Gasteiger charge is -2.39. The summed E-state index contributed by atoms with van der Waals surface area (Å²) in [5.41, 5.74) is 10.2. The van der Waals surface area contributed by atoms with Crippen LogP contribution in [0.2, 0.25) is 0 Å². The maximum Gasteiger partial charge on any atom is 0.123 e. The molecule has 7 aromatic carbocycles. The van der Waals surface area contributed by atoms with Gasteiger partial charge in [-0.1, -0.05) is 96.3 Å². The molecule has 0 bridgehead atoms. The Morgan fingerprint density at radius 1 is 0.408 bits per heavy atom. The maximum atomic E-state index is 15.1. The molecule has 0 saturated heterocycles. The molecule has 9 rings (SSSR count). The van der Waals surface area contributed by atoms with Gasteiger partial charge < -0.3 is 9.80 Å². The van der Waals surface area contributed by atoms with Crippen LogP contribution in [0, 0.1) is 18.6 Å². The Balaban J connectivity index is 1.45. The molecule has 0 aliphatic carbocycles. The average molecular weight is 675 g/mol. The van der Waals surface area contributed by atoms with Gasteiger partial charge in [0.25, 0.3) is 0 Å². The van der Waals surface area contributed by atoms with Crippen LogP contribution in [0.1, 0.15) is 5.56 Å². The van der Waals surface area contributed by atoms with Crippen LogP contribution in [-0.2, 0) is 0 Å². The highest BCUT2D eigenvalue weighted by atomic mass is 32.2. The molecule has 7 aromatic rings. The van der Waals surface area contributed by atoms with Crippen LogP contribution >= 0.6 is 23.5 Å². The van der Waals surface area contributed by atoms with Crippen molar-refractivity contribution in [3.05, 3.63) is 169 Å². The Hall–Kier alpha value is -5.30. The van der Waals surface area contributed by atoms with E-state index in [1.54, 1.807) is 47.8 Å². The first-order chi connectivity index (χ1) is 24.0. The summed E-state index contributed by atoms with van der Waals surface area (Å²) in [4.78, 5) is 9.18. The highest BCUT2D eigenvalue weighted by Gasteiger charge is 2.34. The second-order valence-electron chi connectivity index (χ2n) is 12.1. The first-order valence-corrected chi connectivity index (χ1v) is 17.7. The molecule has 0 aromatic heterocycles. The van der Waals surface area contributed by atoms with Crippen LogP contribution in [-0.4, -0.2) is 0 Å². The minimum atomic E-state index is -0.316. The van der Waals surface area contributed by atoms with Gasteiger partial charge in [-0.25, -0.2) is 8.78 Å². The molecule has 236 valence electrons. The van der Waals surface area contributed by atoms with E-state index >= 15 is 8.78 Å². The van der Waals surface area contributed by atoms with Crippen molar-refractivity contribution in [2.24, 2.45) is 0 Å². The van der Waals surface area contributed by atoms with E-state index in [9.17, 15) is 0 Å². The topological polar surface area (TPSA) is 6.48 Å². The average Bonchev–Trinajstić information content (AvgIpc) is 3.13. The van der Waals surface area contributed by atoms with Gasteiger partial charge in [-0.05, 0) is 102 Å². The molecule has 0 amide bonds. The van der Waals surface area contributed by atoms with E-state index in [1.165, 1.54) is 12.1 Å². The molecule has 0 unspecified atom stereocenters. The number of benzene rings is 7. The Bertz CT molecular complexity index is 2170. The summed E-state index contributed by atoms with van der Waals surface area (Å²) in [6, 6.07) is 49.4. The molecule has 0 fully saturated rings. The number of hydrogen-bond donors (Lipinski definition) is 0. The van der Waals surface area contributed by atoms with E-state index in [2.05, 4.69) is 120 Å². The van der Waals surface area contributed by atoms with E-state index in [4.69, 9.17) is 0 Å². The zero-order chi connectivity index (χ0) is 33.1. The van der Waals surface area contributed by atoms with Gasteiger partial charge in [-0.2, -0.15) is 0 Å². The minimum absolute atomic E-state index is 0.316. The van der Waals surface area contributed by atoms with Gasteiger partial charge in [0.1, 0.15) is 11.6 Å². The summed E-state index contributed by atoms with van der Waals surface area (Å²) in [6.45, 7) is 2.15. The van der Waals surface area contributed by atoms with Gasteiger partial charge in [-0.15, -0.1) is 0 Å². The Labute approximate surface area is 292 Å². The van der Waals surface area contributed by atoms with Gasteiger partial charge in [0.05, 0.1) is 34.1 Å². The number of rotatable bonds is 4. The predicted octanol–water partition coefficient (Wildman–Crippen LogP) is 13.5. The van der Waals surface area contributed by atoms with Crippen LogP contribution in [0.3, 0.4) is 0 Å². The summed E-state index contributed by atoms with van der Waals surface area (Å²) in [6.07, 6.45) is 0. The smallest absolute Gasteiger partial charge is 0.123 e. The summed E-state index contributed by atoms with van der Waals surface area (Å²) in [5.74, 6) is -0.633. The lowest BCUT2D eigenvalue weighted by molar-refractivity contribution is 0.628. The van der Waals surface area contributed by atoms with Gasteiger partial charge in [0.15, 0.2) is 0 Å². The molecule has 2 aliphatic rings. The molecule has 2 nitrogen and oxygen atoms in total. The van der Waals surface area contributed by atoms with Gasteiger partial charge in [0, 0.05) is 30.7 Å². The van der Waals surface area contributed by atoms with E-state index < -0.39 is 0 Å². The zero-order valence-electron chi connectivity index (χ0n) is 26.4. The molecular formula is C43H28F2N2S2.